The molecule has 4 nitrogen and oxygen atoms in total. The zero-order chi connectivity index (χ0) is 11.9. The van der Waals surface area contributed by atoms with Crippen molar-refractivity contribution < 1.29 is 9.90 Å². The van der Waals surface area contributed by atoms with E-state index in [4.69, 9.17) is 5.11 Å². The minimum absolute atomic E-state index is 0.0945. The SMILES string of the molecule is Cc1cc(Br)cc2c(=O)cc(C(=O)O)[nH]c12. The lowest BCUT2D eigenvalue weighted by molar-refractivity contribution is 0.0691. The van der Waals surface area contributed by atoms with E-state index >= 15 is 0 Å². The van der Waals surface area contributed by atoms with Gasteiger partial charge in [0, 0.05) is 15.9 Å². The van der Waals surface area contributed by atoms with Crippen molar-refractivity contribution in [3.8, 4) is 0 Å². The van der Waals surface area contributed by atoms with Gasteiger partial charge in [0.15, 0.2) is 5.43 Å². The minimum atomic E-state index is -1.14. The number of pyridine rings is 1. The Morgan fingerprint density at radius 3 is 2.69 bits per heavy atom. The summed E-state index contributed by atoms with van der Waals surface area (Å²) in [7, 11) is 0. The van der Waals surface area contributed by atoms with Gasteiger partial charge in [0.05, 0.1) is 5.52 Å². The Kier molecular flexibility index (Phi) is 2.55. The van der Waals surface area contributed by atoms with Gasteiger partial charge in [-0.05, 0) is 24.6 Å². The van der Waals surface area contributed by atoms with Crippen LogP contribution in [0.15, 0.2) is 27.5 Å². The van der Waals surface area contributed by atoms with Gasteiger partial charge in [-0.25, -0.2) is 4.79 Å². The van der Waals surface area contributed by atoms with E-state index in [0.29, 0.717) is 10.9 Å². The summed E-state index contributed by atoms with van der Waals surface area (Å²) in [5, 5.41) is 9.32. The maximum Gasteiger partial charge on any atom is 0.352 e. The summed E-state index contributed by atoms with van der Waals surface area (Å²) >= 11 is 3.30. The molecule has 0 radical (unpaired) electrons. The summed E-state index contributed by atoms with van der Waals surface area (Å²) < 4.78 is 0.797. The van der Waals surface area contributed by atoms with E-state index in [2.05, 4.69) is 20.9 Å². The van der Waals surface area contributed by atoms with Crippen molar-refractivity contribution in [2.45, 2.75) is 6.92 Å². The van der Waals surface area contributed by atoms with Crippen molar-refractivity contribution in [1.29, 1.82) is 0 Å². The molecule has 0 saturated heterocycles. The number of aromatic amines is 1. The van der Waals surface area contributed by atoms with Crippen molar-refractivity contribution in [2.24, 2.45) is 0 Å². The Balaban J connectivity index is 2.93. The van der Waals surface area contributed by atoms with Crippen LogP contribution in [0.3, 0.4) is 0 Å². The topological polar surface area (TPSA) is 70.2 Å². The quantitative estimate of drug-likeness (QED) is 0.843. The number of carboxylic acids is 1. The van der Waals surface area contributed by atoms with Gasteiger partial charge < -0.3 is 10.1 Å². The van der Waals surface area contributed by atoms with Crippen molar-refractivity contribution in [2.75, 3.05) is 0 Å². The number of carboxylic acid groups (broad SMARTS) is 1. The third kappa shape index (κ3) is 1.74. The molecule has 0 atom stereocenters. The fourth-order valence-corrected chi connectivity index (χ4v) is 2.17. The maximum atomic E-state index is 11.7. The number of halogens is 1. The van der Waals surface area contributed by atoms with Crippen LogP contribution in [-0.4, -0.2) is 16.1 Å². The molecule has 1 heterocycles. The largest absolute Gasteiger partial charge is 0.477 e. The van der Waals surface area contributed by atoms with E-state index in [-0.39, 0.29) is 11.1 Å². The molecule has 1 aromatic carbocycles. The molecule has 82 valence electrons. The monoisotopic (exact) mass is 281 g/mol. The average Bonchev–Trinajstić information content (AvgIpc) is 2.19. The van der Waals surface area contributed by atoms with Gasteiger partial charge in [-0.1, -0.05) is 15.9 Å². The van der Waals surface area contributed by atoms with Gasteiger partial charge in [-0.2, -0.15) is 0 Å². The number of hydrogen-bond acceptors (Lipinski definition) is 2. The van der Waals surface area contributed by atoms with Gasteiger partial charge in [0.1, 0.15) is 5.69 Å². The molecule has 16 heavy (non-hydrogen) atoms. The van der Waals surface area contributed by atoms with Crippen LogP contribution < -0.4 is 5.43 Å². The van der Waals surface area contributed by atoms with Crippen molar-refractivity contribution >= 4 is 32.8 Å². The molecule has 0 unspecified atom stereocenters. The van der Waals surface area contributed by atoms with Crippen LogP contribution in [0.2, 0.25) is 0 Å². The van der Waals surface area contributed by atoms with E-state index in [1.807, 2.05) is 13.0 Å². The van der Waals surface area contributed by atoms with Crippen molar-refractivity contribution in [3.63, 3.8) is 0 Å². The molecule has 5 heteroatoms. The summed E-state index contributed by atoms with van der Waals surface area (Å²) in [6, 6.07) is 4.59. The predicted octanol–water partition coefficient (Wildman–Crippen LogP) is 2.30. The molecule has 0 bridgehead atoms. The lowest BCUT2D eigenvalue weighted by Crippen LogP contribution is -2.10. The highest BCUT2D eigenvalue weighted by molar-refractivity contribution is 9.10. The normalized spacial score (nSPS) is 10.6. The molecule has 2 aromatic rings. The Morgan fingerprint density at radius 1 is 1.38 bits per heavy atom. The van der Waals surface area contributed by atoms with E-state index in [1.165, 1.54) is 0 Å². The molecule has 0 aliphatic carbocycles. The maximum absolute atomic E-state index is 11.7. The second kappa shape index (κ2) is 3.75. The fraction of sp³-hybridized carbons (Fsp3) is 0.0909. The molecule has 0 fully saturated rings. The average molecular weight is 282 g/mol. The van der Waals surface area contributed by atoms with Crippen LogP contribution in [-0.2, 0) is 0 Å². The third-order valence-corrected chi connectivity index (χ3v) is 2.79. The molecule has 0 spiro atoms. The number of hydrogen-bond donors (Lipinski definition) is 2. The van der Waals surface area contributed by atoms with Crippen LogP contribution in [0.1, 0.15) is 16.1 Å². The number of aromatic carboxylic acids is 1. The van der Waals surface area contributed by atoms with Crippen LogP contribution in [0.4, 0.5) is 0 Å². The standard InChI is InChI=1S/C11H8BrNO3/c1-5-2-6(12)3-7-9(14)4-8(11(15)16)13-10(5)7/h2-4H,1H3,(H,13,14)(H,15,16). The Bertz CT molecular complexity index is 645. The first-order valence-electron chi connectivity index (χ1n) is 4.55. The summed E-state index contributed by atoms with van der Waals surface area (Å²) in [6.07, 6.45) is 0. The van der Waals surface area contributed by atoms with Crippen LogP contribution in [0.25, 0.3) is 10.9 Å². The highest BCUT2D eigenvalue weighted by Crippen LogP contribution is 2.20. The second-order valence-corrected chi connectivity index (χ2v) is 4.41. The van der Waals surface area contributed by atoms with Crippen molar-refractivity contribution in [3.05, 3.63) is 44.2 Å². The number of aryl methyl sites for hydroxylation is 1. The van der Waals surface area contributed by atoms with Gasteiger partial charge in [0.25, 0.3) is 0 Å². The van der Waals surface area contributed by atoms with E-state index in [9.17, 15) is 9.59 Å². The fourth-order valence-electron chi connectivity index (χ4n) is 1.60. The summed E-state index contributed by atoms with van der Waals surface area (Å²) in [6.45, 7) is 1.81. The van der Waals surface area contributed by atoms with Gasteiger partial charge in [-0.15, -0.1) is 0 Å². The number of aromatic nitrogens is 1. The number of H-pyrrole nitrogens is 1. The first-order chi connectivity index (χ1) is 7.49. The minimum Gasteiger partial charge on any atom is -0.477 e. The zero-order valence-electron chi connectivity index (χ0n) is 8.37. The van der Waals surface area contributed by atoms with E-state index < -0.39 is 5.97 Å². The first-order valence-corrected chi connectivity index (χ1v) is 5.35. The number of rotatable bonds is 1. The van der Waals surface area contributed by atoms with Gasteiger partial charge in [0.2, 0.25) is 0 Å². The lowest BCUT2D eigenvalue weighted by Gasteiger charge is -2.04. The van der Waals surface area contributed by atoms with Gasteiger partial charge in [-0.3, -0.25) is 4.79 Å². The number of benzene rings is 1. The smallest absolute Gasteiger partial charge is 0.352 e. The molecule has 0 aliphatic heterocycles. The second-order valence-electron chi connectivity index (χ2n) is 3.50. The molecule has 0 aliphatic rings. The molecule has 0 saturated carbocycles. The summed E-state index contributed by atoms with van der Waals surface area (Å²) in [4.78, 5) is 25.2. The van der Waals surface area contributed by atoms with Crippen LogP contribution in [0, 0.1) is 6.92 Å². The highest BCUT2D eigenvalue weighted by Gasteiger charge is 2.09. The summed E-state index contributed by atoms with van der Waals surface area (Å²) in [5.41, 5.74) is 0.996. The molecule has 2 N–H and O–H groups in total. The molecular formula is C11H8BrNO3. The van der Waals surface area contributed by atoms with Crippen molar-refractivity contribution in [1.82, 2.24) is 4.98 Å². The highest BCUT2D eigenvalue weighted by atomic mass is 79.9. The first kappa shape index (κ1) is 10.9. The van der Waals surface area contributed by atoms with Crippen LogP contribution in [0.5, 0.6) is 0 Å². The third-order valence-electron chi connectivity index (χ3n) is 2.33. The van der Waals surface area contributed by atoms with E-state index in [0.717, 1.165) is 16.1 Å². The molecular weight excluding hydrogens is 274 g/mol. The number of carbonyl (C=O) groups is 1. The van der Waals surface area contributed by atoms with E-state index in [1.54, 1.807) is 6.07 Å². The molecule has 1 aromatic heterocycles. The number of nitrogens with one attached hydrogen (secondary N) is 1. The molecule has 0 amide bonds. The Hall–Kier alpha value is -1.62. The zero-order valence-corrected chi connectivity index (χ0v) is 9.96. The Labute approximate surface area is 99.0 Å². The number of fused-ring (bicyclic) bond motifs is 1. The molecule has 2 rings (SSSR count). The van der Waals surface area contributed by atoms with Crippen LogP contribution >= 0.6 is 15.9 Å². The summed E-state index contributed by atoms with van der Waals surface area (Å²) in [5.74, 6) is -1.14. The lowest BCUT2D eigenvalue weighted by atomic mass is 10.1. The predicted molar refractivity (Wildman–Crippen MR) is 64.0 cm³/mol. The Morgan fingerprint density at radius 2 is 2.06 bits per heavy atom. The van der Waals surface area contributed by atoms with Gasteiger partial charge >= 0.3 is 5.97 Å².